The van der Waals surface area contributed by atoms with E-state index >= 15 is 0 Å². The topological polar surface area (TPSA) is 130 Å². The SMILES string of the molecule is CCCCOC(CN(CC=CP(=O)(OCCCC)OCCCC)S(=O)(=O)c1ccc(OC)cc1)C(Cc1ccccc1)NC(=O)OC(C)(C)C. The summed E-state index contributed by atoms with van der Waals surface area (Å²) in [6, 6.07) is 15.0. The van der Waals surface area contributed by atoms with E-state index in [4.69, 9.17) is 23.3 Å². The molecular formula is C37H59N2O9PS. The maximum absolute atomic E-state index is 14.3. The standard InChI is InChI=1S/C37H59N2O9PS/c1-8-11-25-45-35(34(29-31-18-15-14-16-19-31)38-36(40)48-37(4,5)6)30-39(50(42,43)33-22-20-32(44-7)21-23-33)24-17-28-49(41,46-26-12-9-2)47-27-13-10-3/h14-23,28,34-35H,8-13,24-27,29-30H2,1-7H3,(H,38,40). The van der Waals surface area contributed by atoms with Crippen molar-refractivity contribution in [3.05, 3.63) is 72.1 Å². The minimum atomic E-state index is -4.14. The van der Waals surface area contributed by atoms with E-state index in [-0.39, 0.29) is 31.2 Å². The van der Waals surface area contributed by atoms with Crippen molar-refractivity contribution in [2.24, 2.45) is 0 Å². The maximum Gasteiger partial charge on any atom is 0.407 e. The number of benzene rings is 2. The first-order chi connectivity index (χ1) is 23.8. The molecule has 1 amide bonds. The predicted molar refractivity (Wildman–Crippen MR) is 198 cm³/mol. The Labute approximate surface area is 300 Å². The first-order valence-corrected chi connectivity index (χ1v) is 20.7. The Morgan fingerprint density at radius 2 is 1.48 bits per heavy atom. The minimum Gasteiger partial charge on any atom is -0.497 e. The molecule has 0 spiro atoms. The molecule has 0 aliphatic heterocycles. The van der Waals surface area contributed by atoms with Crippen LogP contribution in [0.3, 0.4) is 0 Å². The van der Waals surface area contributed by atoms with Crippen molar-refractivity contribution in [2.45, 2.75) is 109 Å². The van der Waals surface area contributed by atoms with Crippen LogP contribution in [0.1, 0.15) is 85.6 Å². The number of rotatable bonds is 24. The van der Waals surface area contributed by atoms with Gasteiger partial charge in [0.2, 0.25) is 10.0 Å². The second kappa shape index (κ2) is 22.3. The molecule has 2 rings (SSSR count). The highest BCUT2D eigenvalue weighted by atomic mass is 32.2. The van der Waals surface area contributed by atoms with Gasteiger partial charge in [-0.05, 0) is 76.3 Å². The molecular weight excluding hydrogens is 679 g/mol. The summed E-state index contributed by atoms with van der Waals surface area (Å²) in [6.07, 6.45) is 5.16. The molecule has 2 aromatic carbocycles. The van der Waals surface area contributed by atoms with E-state index in [0.717, 1.165) is 31.2 Å². The zero-order valence-corrected chi connectivity index (χ0v) is 32.7. The predicted octanol–water partition coefficient (Wildman–Crippen LogP) is 8.35. The average Bonchev–Trinajstić information content (AvgIpc) is 3.07. The highest BCUT2D eigenvalue weighted by molar-refractivity contribution is 7.89. The van der Waals surface area contributed by atoms with Crippen LogP contribution in [-0.2, 0) is 39.5 Å². The van der Waals surface area contributed by atoms with Gasteiger partial charge in [-0.15, -0.1) is 0 Å². The fraction of sp³-hybridized carbons (Fsp3) is 0.595. The summed E-state index contributed by atoms with van der Waals surface area (Å²) < 4.78 is 72.3. The molecule has 0 heterocycles. The highest BCUT2D eigenvalue weighted by Crippen LogP contribution is 2.50. The van der Waals surface area contributed by atoms with Crippen molar-refractivity contribution in [3.8, 4) is 5.75 Å². The molecule has 0 aliphatic rings. The van der Waals surface area contributed by atoms with Crippen molar-refractivity contribution in [1.29, 1.82) is 0 Å². The Morgan fingerprint density at radius 3 is 2.02 bits per heavy atom. The van der Waals surface area contributed by atoms with Gasteiger partial charge in [-0.2, -0.15) is 4.31 Å². The van der Waals surface area contributed by atoms with Crippen LogP contribution in [0.5, 0.6) is 5.75 Å². The molecule has 13 heteroatoms. The van der Waals surface area contributed by atoms with Crippen molar-refractivity contribution in [3.63, 3.8) is 0 Å². The maximum atomic E-state index is 14.3. The summed E-state index contributed by atoms with van der Waals surface area (Å²) >= 11 is 0. The second-order valence-corrected chi connectivity index (χ2v) is 16.8. The number of ether oxygens (including phenoxy) is 3. The molecule has 0 fully saturated rings. The zero-order valence-electron chi connectivity index (χ0n) is 31.0. The van der Waals surface area contributed by atoms with E-state index < -0.39 is 41.5 Å². The third kappa shape index (κ3) is 16.1. The monoisotopic (exact) mass is 738 g/mol. The molecule has 50 heavy (non-hydrogen) atoms. The fourth-order valence-electron chi connectivity index (χ4n) is 4.74. The number of unbranched alkanes of at least 4 members (excludes halogenated alkanes) is 3. The van der Waals surface area contributed by atoms with Crippen LogP contribution in [0.2, 0.25) is 0 Å². The molecule has 0 aromatic heterocycles. The van der Waals surface area contributed by atoms with Gasteiger partial charge in [0.05, 0.1) is 37.4 Å². The van der Waals surface area contributed by atoms with Gasteiger partial charge in [0.25, 0.3) is 0 Å². The summed E-state index contributed by atoms with van der Waals surface area (Å²) in [4.78, 5) is 13.2. The molecule has 0 saturated carbocycles. The molecule has 0 aliphatic carbocycles. The Kier molecular flexibility index (Phi) is 19.3. The van der Waals surface area contributed by atoms with Crippen LogP contribution in [0, 0.1) is 0 Å². The van der Waals surface area contributed by atoms with Crippen LogP contribution in [0.25, 0.3) is 0 Å². The van der Waals surface area contributed by atoms with E-state index in [1.54, 1.807) is 32.9 Å². The van der Waals surface area contributed by atoms with Gasteiger partial charge in [-0.1, -0.05) is 76.4 Å². The summed E-state index contributed by atoms with van der Waals surface area (Å²) in [7, 11) is -6.29. The number of carbonyl (C=O) groups is 1. The van der Waals surface area contributed by atoms with Gasteiger partial charge in [0, 0.05) is 25.5 Å². The van der Waals surface area contributed by atoms with Crippen molar-refractivity contribution in [2.75, 3.05) is 40.0 Å². The Hall–Kier alpha value is -2.73. The first-order valence-electron chi connectivity index (χ1n) is 17.6. The summed E-state index contributed by atoms with van der Waals surface area (Å²) in [5.41, 5.74) is 0.178. The Balaban J connectivity index is 2.58. The van der Waals surface area contributed by atoms with Crippen LogP contribution < -0.4 is 10.1 Å². The molecule has 0 bridgehead atoms. The number of nitrogens with zero attached hydrogens (tertiary/aromatic N) is 1. The fourth-order valence-corrected chi connectivity index (χ4v) is 7.51. The van der Waals surface area contributed by atoms with Crippen molar-refractivity contribution in [1.82, 2.24) is 9.62 Å². The van der Waals surface area contributed by atoms with Gasteiger partial charge < -0.3 is 28.6 Å². The van der Waals surface area contributed by atoms with Crippen LogP contribution in [-0.4, -0.2) is 76.6 Å². The minimum absolute atomic E-state index is 0.0419. The lowest BCUT2D eigenvalue weighted by Gasteiger charge is -2.33. The number of carbonyl (C=O) groups excluding carboxylic acids is 1. The van der Waals surface area contributed by atoms with Crippen molar-refractivity contribution < 1.29 is 41.0 Å². The molecule has 0 radical (unpaired) electrons. The molecule has 2 aromatic rings. The summed E-state index contributed by atoms with van der Waals surface area (Å²) in [6.45, 7) is 11.9. The lowest BCUT2D eigenvalue weighted by atomic mass is 10.0. The first kappa shape index (κ1) is 43.4. The van der Waals surface area contributed by atoms with Crippen LogP contribution in [0.15, 0.2) is 71.4 Å². The van der Waals surface area contributed by atoms with Gasteiger partial charge in [-0.25, -0.2) is 13.2 Å². The Morgan fingerprint density at radius 1 is 0.900 bits per heavy atom. The largest absolute Gasteiger partial charge is 0.497 e. The van der Waals surface area contributed by atoms with E-state index in [1.807, 2.05) is 51.1 Å². The van der Waals surface area contributed by atoms with Gasteiger partial charge in [-0.3, -0.25) is 4.57 Å². The Bertz CT molecular complexity index is 1420. The van der Waals surface area contributed by atoms with Crippen LogP contribution >= 0.6 is 7.60 Å². The molecule has 0 saturated heterocycles. The molecule has 282 valence electrons. The molecule has 2 atom stereocenters. The van der Waals surface area contributed by atoms with E-state index in [0.29, 0.717) is 31.6 Å². The van der Waals surface area contributed by atoms with Gasteiger partial charge >= 0.3 is 13.7 Å². The number of alkyl carbamates (subject to hydrolysis) is 1. The number of sulfonamides is 1. The number of hydrogen-bond donors (Lipinski definition) is 1. The third-order valence-electron chi connectivity index (χ3n) is 7.50. The number of hydrogen-bond acceptors (Lipinski definition) is 9. The molecule has 11 nitrogen and oxygen atoms in total. The smallest absolute Gasteiger partial charge is 0.407 e. The number of nitrogens with one attached hydrogen (secondary N) is 1. The summed E-state index contributed by atoms with van der Waals surface area (Å²) in [5, 5.41) is 2.97. The van der Waals surface area contributed by atoms with E-state index in [1.165, 1.54) is 35.4 Å². The lowest BCUT2D eigenvalue weighted by Crippen LogP contribution is -2.52. The van der Waals surface area contributed by atoms with Crippen molar-refractivity contribution >= 4 is 23.7 Å². The molecule has 1 N–H and O–H groups in total. The molecule has 2 unspecified atom stereocenters. The van der Waals surface area contributed by atoms with Gasteiger partial charge in [0.1, 0.15) is 11.4 Å². The highest BCUT2D eigenvalue weighted by Gasteiger charge is 2.33. The quantitative estimate of drug-likeness (QED) is 0.0835. The van der Waals surface area contributed by atoms with Crippen LogP contribution in [0.4, 0.5) is 4.79 Å². The van der Waals surface area contributed by atoms with Gasteiger partial charge in [0.15, 0.2) is 0 Å². The number of amides is 1. The normalized spacial score (nSPS) is 13.8. The third-order valence-corrected chi connectivity index (χ3v) is 11.0. The lowest BCUT2D eigenvalue weighted by molar-refractivity contribution is 0.00590. The average molecular weight is 739 g/mol. The van der Waals surface area contributed by atoms with E-state index in [9.17, 15) is 17.8 Å². The second-order valence-electron chi connectivity index (χ2n) is 13.0. The number of methoxy groups -OCH3 is 1. The van der Waals surface area contributed by atoms with E-state index in [2.05, 4.69) is 5.32 Å². The summed E-state index contributed by atoms with van der Waals surface area (Å²) in [5.74, 6) is 1.86. The zero-order chi connectivity index (χ0) is 37.0.